The predicted octanol–water partition coefficient (Wildman–Crippen LogP) is 3.88. The number of rotatable bonds is 4. The number of piperazine rings is 1. The smallest absolute Gasteiger partial charge is 0.369 e. The van der Waals surface area contributed by atoms with Crippen LogP contribution in [0.3, 0.4) is 0 Å². The third kappa shape index (κ3) is 4.40. The van der Waals surface area contributed by atoms with Gasteiger partial charge in [-0.3, -0.25) is 9.69 Å². The molecule has 2 aromatic rings. The van der Waals surface area contributed by atoms with Crippen LogP contribution in [0.2, 0.25) is 0 Å². The standard InChI is InChI=1S/C22H24F3N3O/c23-22(24,25)18-5-4-8-20(15-18)28-10-9-17(21(28)29)16-26-11-13-27(14-12-26)19-6-2-1-3-7-19/h1-8,15,17H,9-14,16H2. The maximum Gasteiger partial charge on any atom is 0.416 e. The molecule has 7 heteroatoms. The van der Waals surface area contributed by atoms with E-state index in [1.54, 1.807) is 6.07 Å². The molecule has 2 saturated heterocycles. The molecule has 29 heavy (non-hydrogen) atoms. The Labute approximate surface area is 168 Å². The first-order valence-corrected chi connectivity index (χ1v) is 9.93. The molecule has 4 rings (SSSR count). The summed E-state index contributed by atoms with van der Waals surface area (Å²) in [6.07, 6.45) is -3.73. The van der Waals surface area contributed by atoms with Gasteiger partial charge in [0, 0.05) is 50.6 Å². The van der Waals surface area contributed by atoms with Gasteiger partial charge in [-0.2, -0.15) is 13.2 Å². The maximum atomic E-state index is 13.0. The topological polar surface area (TPSA) is 26.8 Å². The van der Waals surface area contributed by atoms with Crippen LogP contribution in [0.4, 0.5) is 24.5 Å². The molecule has 0 N–H and O–H groups in total. The third-order valence-electron chi connectivity index (χ3n) is 5.77. The molecular formula is C22H24F3N3O. The fraction of sp³-hybridized carbons (Fsp3) is 0.409. The highest BCUT2D eigenvalue weighted by Crippen LogP contribution is 2.33. The highest BCUT2D eigenvalue weighted by atomic mass is 19.4. The molecule has 2 aliphatic heterocycles. The van der Waals surface area contributed by atoms with Gasteiger partial charge in [-0.25, -0.2) is 0 Å². The molecule has 2 fully saturated rings. The van der Waals surface area contributed by atoms with E-state index in [0.29, 0.717) is 25.2 Å². The van der Waals surface area contributed by atoms with E-state index in [1.807, 2.05) is 18.2 Å². The summed E-state index contributed by atoms with van der Waals surface area (Å²) in [5, 5.41) is 0. The first-order chi connectivity index (χ1) is 13.9. The van der Waals surface area contributed by atoms with E-state index in [9.17, 15) is 18.0 Å². The second-order valence-electron chi connectivity index (χ2n) is 7.65. The second-order valence-corrected chi connectivity index (χ2v) is 7.65. The van der Waals surface area contributed by atoms with E-state index in [4.69, 9.17) is 0 Å². The zero-order valence-corrected chi connectivity index (χ0v) is 16.1. The number of halogens is 3. The van der Waals surface area contributed by atoms with Crippen LogP contribution in [0, 0.1) is 5.92 Å². The summed E-state index contributed by atoms with van der Waals surface area (Å²) in [5.74, 6) is -0.234. The lowest BCUT2D eigenvalue weighted by Gasteiger charge is -2.37. The molecule has 1 amide bonds. The van der Waals surface area contributed by atoms with Crippen LogP contribution in [0.1, 0.15) is 12.0 Å². The van der Waals surface area contributed by atoms with Gasteiger partial charge in [-0.15, -0.1) is 0 Å². The molecule has 4 nitrogen and oxygen atoms in total. The van der Waals surface area contributed by atoms with Gasteiger partial charge in [-0.05, 0) is 36.8 Å². The Bertz CT molecular complexity index is 848. The number of alkyl halides is 3. The summed E-state index contributed by atoms with van der Waals surface area (Å²) < 4.78 is 38.9. The van der Waals surface area contributed by atoms with Crippen LogP contribution in [-0.4, -0.2) is 50.1 Å². The summed E-state index contributed by atoms with van der Waals surface area (Å²) >= 11 is 0. The highest BCUT2D eigenvalue weighted by molar-refractivity contribution is 5.97. The Morgan fingerprint density at radius 1 is 0.862 bits per heavy atom. The number of carbonyl (C=O) groups is 1. The van der Waals surface area contributed by atoms with Crippen molar-refractivity contribution >= 4 is 17.3 Å². The van der Waals surface area contributed by atoms with E-state index < -0.39 is 11.7 Å². The second kappa shape index (κ2) is 8.06. The molecule has 0 saturated carbocycles. The molecular weight excluding hydrogens is 379 g/mol. The van der Waals surface area contributed by atoms with Crippen molar-refractivity contribution in [3.63, 3.8) is 0 Å². The van der Waals surface area contributed by atoms with E-state index in [0.717, 1.165) is 38.3 Å². The number of hydrogen-bond acceptors (Lipinski definition) is 3. The Hall–Kier alpha value is -2.54. The lowest BCUT2D eigenvalue weighted by Crippen LogP contribution is -2.48. The van der Waals surface area contributed by atoms with Crippen molar-refractivity contribution in [1.29, 1.82) is 0 Å². The zero-order valence-electron chi connectivity index (χ0n) is 16.1. The van der Waals surface area contributed by atoms with Crippen LogP contribution < -0.4 is 9.80 Å². The van der Waals surface area contributed by atoms with Gasteiger partial charge in [0.2, 0.25) is 5.91 Å². The average molecular weight is 403 g/mol. The average Bonchev–Trinajstić information content (AvgIpc) is 3.09. The molecule has 0 bridgehead atoms. The first kappa shape index (κ1) is 19.8. The van der Waals surface area contributed by atoms with E-state index in [1.165, 1.54) is 16.7 Å². The molecule has 2 aliphatic rings. The molecule has 154 valence electrons. The Morgan fingerprint density at radius 2 is 1.55 bits per heavy atom. The van der Waals surface area contributed by atoms with Gasteiger partial charge in [0.1, 0.15) is 0 Å². The molecule has 1 atom stereocenters. The van der Waals surface area contributed by atoms with Crippen molar-refractivity contribution < 1.29 is 18.0 Å². The Kier molecular flexibility index (Phi) is 5.50. The Morgan fingerprint density at radius 3 is 2.24 bits per heavy atom. The van der Waals surface area contributed by atoms with Crippen LogP contribution in [0.25, 0.3) is 0 Å². The minimum absolute atomic E-state index is 0.0742. The summed E-state index contributed by atoms with van der Waals surface area (Å²) in [6.45, 7) is 4.70. The van der Waals surface area contributed by atoms with Crippen molar-refractivity contribution in [2.45, 2.75) is 12.6 Å². The van der Waals surface area contributed by atoms with Gasteiger partial charge >= 0.3 is 6.18 Å². The summed E-state index contributed by atoms with van der Waals surface area (Å²) in [4.78, 5) is 19.0. The minimum atomic E-state index is -4.41. The summed E-state index contributed by atoms with van der Waals surface area (Å²) in [6, 6.07) is 15.3. The maximum absolute atomic E-state index is 13.0. The lowest BCUT2D eigenvalue weighted by molar-refractivity contribution is -0.137. The molecule has 0 aliphatic carbocycles. The SMILES string of the molecule is O=C1C(CN2CCN(c3ccccc3)CC2)CCN1c1cccc(C(F)(F)F)c1. The van der Waals surface area contributed by atoms with Crippen molar-refractivity contribution in [2.24, 2.45) is 5.92 Å². The van der Waals surface area contributed by atoms with Gasteiger partial charge in [0.05, 0.1) is 11.5 Å². The van der Waals surface area contributed by atoms with Crippen molar-refractivity contribution in [2.75, 3.05) is 49.1 Å². The van der Waals surface area contributed by atoms with Crippen molar-refractivity contribution in [3.8, 4) is 0 Å². The molecule has 0 aromatic heterocycles. The minimum Gasteiger partial charge on any atom is -0.369 e. The highest BCUT2D eigenvalue weighted by Gasteiger charge is 2.36. The molecule has 2 heterocycles. The monoisotopic (exact) mass is 403 g/mol. The first-order valence-electron chi connectivity index (χ1n) is 9.93. The fourth-order valence-corrected chi connectivity index (χ4v) is 4.15. The van der Waals surface area contributed by atoms with Gasteiger partial charge in [0.25, 0.3) is 0 Å². The van der Waals surface area contributed by atoms with Gasteiger partial charge < -0.3 is 9.80 Å². The van der Waals surface area contributed by atoms with Crippen LogP contribution in [0.15, 0.2) is 54.6 Å². The quantitative estimate of drug-likeness (QED) is 0.775. The third-order valence-corrected chi connectivity index (χ3v) is 5.77. The number of benzene rings is 2. The van der Waals surface area contributed by atoms with E-state index >= 15 is 0 Å². The van der Waals surface area contributed by atoms with E-state index in [-0.39, 0.29) is 11.8 Å². The normalized spacial score (nSPS) is 21.1. The summed E-state index contributed by atoms with van der Waals surface area (Å²) in [7, 11) is 0. The van der Waals surface area contributed by atoms with Crippen LogP contribution in [0.5, 0.6) is 0 Å². The number of hydrogen-bond donors (Lipinski definition) is 0. The number of amides is 1. The van der Waals surface area contributed by atoms with Gasteiger partial charge in [-0.1, -0.05) is 24.3 Å². The fourth-order valence-electron chi connectivity index (χ4n) is 4.15. The molecule has 2 aromatic carbocycles. The largest absolute Gasteiger partial charge is 0.416 e. The Balaban J connectivity index is 1.34. The molecule has 0 radical (unpaired) electrons. The van der Waals surface area contributed by atoms with Crippen molar-refractivity contribution in [1.82, 2.24) is 4.90 Å². The lowest BCUT2D eigenvalue weighted by atomic mass is 10.1. The van der Waals surface area contributed by atoms with E-state index in [2.05, 4.69) is 21.9 Å². The van der Waals surface area contributed by atoms with Gasteiger partial charge in [0.15, 0.2) is 0 Å². The number of para-hydroxylation sites is 1. The number of anilines is 2. The molecule has 1 unspecified atom stereocenters. The van der Waals surface area contributed by atoms with Crippen molar-refractivity contribution in [3.05, 3.63) is 60.2 Å². The van der Waals surface area contributed by atoms with Crippen LogP contribution in [-0.2, 0) is 11.0 Å². The number of carbonyl (C=O) groups excluding carboxylic acids is 1. The zero-order chi connectivity index (χ0) is 20.4. The summed E-state index contributed by atoms with van der Waals surface area (Å²) in [5.41, 5.74) is 0.823. The molecule has 0 spiro atoms. The number of nitrogens with zero attached hydrogens (tertiary/aromatic N) is 3. The van der Waals surface area contributed by atoms with Crippen LogP contribution >= 0.6 is 0 Å². The predicted molar refractivity (Wildman–Crippen MR) is 107 cm³/mol.